The Bertz CT molecular complexity index is 628. The molecule has 0 aliphatic carbocycles. The maximum Gasteiger partial charge on any atom is 0.137 e. The number of nitrogens with one attached hydrogen (secondary N) is 1. The van der Waals surface area contributed by atoms with Crippen LogP contribution in [0.15, 0.2) is 36.7 Å². The maximum atomic E-state index is 5.54. The highest BCUT2D eigenvalue weighted by Crippen LogP contribution is 2.28. The van der Waals surface area contributed by atoms with Crippen LogP contribution in [-0.2, 0) is 18.0 Å². The average Bonchev–Trinajstić information content (AvgIpc) is 2.96. The Balaban J connectivity index is 1.92. The lowest BCUT2D eigenvalue weighted by atomic mass is 9.97. The molecule has 1 N–H and O–H groups in total. The Hall–Kier alpha value is -1.91. The van der Waals surface area contributed by atoms with E-state index in [1.54, 1.807) is 6.20 Å². The van der Waals surface area contributed by atoms with Crippen LogP contribution in [0, 0.1) is 0 Å². The Morgan fingerprint density at radius 1 is 1.19 bits per heavy atom. The molecule has 0 fully saturated rings. The second kappa shape index (κ2) is 6.24. The predicted molar refractivity (Wildman–Crippen MR) is 81.2 cm³/mol. The van der Waals surface area contributed by atoms with Crippen LogP contribution in [0.3, 0.4) is 0 Å². The molecule has 0 saturated heterocycles. The summed E-state index contributed by atoms with van der Waals surface area (Å²) in [5.74, 6) is 0.805. The van der Waals surface area contributed by atoms with E-state index in [-0.39, 0.29) is 6.04 Å². The molecule has 4 nitrogen and oxygen atoms in total. The van der Waals surface area contributed by atoms with Crippen molar-refractivity contribution in [2.45, 2.75) is 26.2 Å². The predicted octanol–water partition coefficient (Wildman–Crippen LogP) is 2.82. The summed E-state index contributed by atoms with van der Waals surface area (Å²) in [5.41, 5.74) is 4.89. The van der Waals surface area contributed by atoms with Crippen LogP contribution < -0.4 is 10.1 Å². The Kier molecular flexibility index (Phi) is 4.18. The summed E-state index contributed by atoms with van der Waals surface area (Å²) in [5, 5.41) is 3.36. The molecule has 1 aliphatic rings. The van der Waals surface area contributed by atoms with Gasteiger partial charge in [-0.25, -0.2) is 0 Å². The molecule has 0 radical (unpaired) electrons. The minimum atomic E-state index is 0.101. The summed E-state index contributed by atoms with van der Waals surface area (Å²) in [6.07, 6.45) is 3.63. The van der Waals surface area contributed by atoms with Gasteiger partial charge in [0.1, 0.15) is 5.75 Å². The monoisotopic (exact) mass is 284 g/mol. The normalized spacial score (nSPS) is 14.8. The van der Waals surface area contributed by atoms with Gasteiger partial charge in [-0.1, -0.05) is 18.2 Å². The Labute approximate surface area is 125 Å². The van der Waals surface area contributed by atoms with Gasteiger partial charge >= 0.3 is 0 Å². The van der Waals surface area contributed by atoms with Crippen molar-refractivity contribution in [3.05, 3.63) is 58.9 Å². The van der Waals surface area contributed by atoms with E-state index in [1.165, 1.54) is 16.7 Å². The van der Waals surface area contributed by atoms with Crippen molar-refractivity contribution in [2.75, 3.05) is 13.7 Å². The van der Waals surface area contributed by atoms with Crippen molar-refractivity contribution in [3.63, 3.8) is 0 Å². The molecule has 0 amide bonds. The molecule has 110 valence electrons. The third-order valence-electron chi connectivity index (χ3n) is 3.75. The number of rotatable bonds is 5. The fraction of sp³-hybridized carbons (Fsp3) is 0.353. The summed E-state index contributed by atoms with van der Waals surface area (Å²) >= 11 is 0. The van der Waals surface area contributed by atoms with Gasteiger partial charge in [-0.3, -0.25) is 4.98 Å². The molecule has 1 aromatic heterocycles. The molecule has 0 spiro atoms. The zero-order valence-corrected chi connectivity index (χ0v) is 12.4. The molecule has 21 heavy (non-hydrogen) atoms. The van der Waals surface area contributed by atoms with E-state index in [1.807, 2.05) is 26.2 Å². The number of hydrogen-bond donors (Lipinski definition) is 1. The van der Waals surface area contributed by atoms with E-state index in [2.05, 4.69) is 28.5 Å². The highest BCUT2D eigenvalue weighted by Gasteiger charge is 2.17. The lowest BCUT2D eigenvalue weighted by Gasteiger charge is -2.18. The number of nitrogens with zero attached hydrogens (tertiary/aromatic N) is 1. The van der Waals surface area contributed by atoms with Crippen LogP contribution in [0.5, 0.6) is 5.75 Å². The van der Waals surface area contributed by atoms with Crippen molar-refractivity contribution in [2.24, 2.45) is 0 Å². The molecule has 2 heterocycles. The molecule has 1 unspecified atom stereocenters. The Morgan fingerprint density at radius 2 is 2.05 bits per heavy atom. The second-order valence-electron chi connectivity index (χ2n) is 5.13. The molecule has 3 rings (SSSR count). The molecule has 1 atom stereocenters. The molecule has 1 aliphatic heterocycles. The molecule has 2 aromatic rings. The topological polar surface area (TPSA) is 43.4 Å². The minimum Gasteiger partial charge on any atom is -0.492 e. The highest BCUT2D eigenvalue weighted by molar-refractivity contribution is 5.39. The van der Waals surface area contributed by atoms with Gasteiger partial charge in [-0.05, 0) is 42.3 Å². The number of hydrogen-bond acceptors (Lipinski definition) is 4. The fourth-order valence-corrected chi connectivity index (χ4v) is 2.74. The van der Waals surface area contributed by atoms with Crippen LogP contribution in [0.2, 0.25) is 0 Å². The van der Waals surface area contributed by atoms with Crippen LogP contribution >= 0.6 is 0 Å². The summed E-state index contributed by atoms with van der Waals surface area (Å²) in [7, 11) is 1.96. The minimum absolute atomic E-state index is 0.101. The highest BCUT2D eigenvalue weighted by atomic mass is 16.5. The van der Waals surface area contributed by atoms with Gasteiger partial charge in [0.2, 0.25) is 0 Å². The lowest BCUT2D eigenvalue weighted by Crippen LogP contribution is -2.18. The van der Waals surface area contributed by atoms with Gasteiger partial charge in [-0.15, -0.1) is 0 Å². The standard InChI is InChI=1S/C17H20N2O2/c1-3-21-16-7-14(8-19-9-16)17(18-2)12-4-5-13-10-20-11-15(13)6-12/h4-9,17-18H,3,10-11H2,1-2H3. The molecule has 0 bridgehead atoms. The zero-order chi connectivity index (χ0) is 14.7. The molecule has 0 saturated carbocycles. The smallest absolute Gasteiger partial charge is 0.137 e. The van der Waals surface area contributed by atoms with Crippen molar-refractivity contribution >= 4 is 0 Å². The van der Waals surface area contributed by atoms with Gasteiger partial charge in [0.25, 0.3) is 0 Å². The first-order valence-electron chi connectivity index (χ1n) is 7.26. The summed E-state index contributed by atoms with van der Waals surface area (Å²) in [6, 6.07) is 8.67. The largest absolute Gasteiger partial charge is 0.492 e. The van der Waals surface area contributed by atoms with Gasteiger partial charge in [0.05, 0.1) is 32.1 Å². The van der Waals surface area contributed by atoms with Crippen molar-refractivity contribution in [3.8, 4) is 5.75 Å². The van der Waals surface area contributed by atoms with E-state index in [0.29, 0.717) is 13.2 Å². The van der Waals surface area contributed by atoms with Crippen molar-refractivity contribution in [1.82, 2.24) is 10.3 Å². The second-order valence-corrected chi connectivity index (χ2v) is 5.13. The van der Waals surface area contributed by atoms with Crippen LogP contribution in [0.4, 0.5) is 0 Å². The lowest BCUT2D eigenvalue weighted by molar-refractivity contribution is 0.134. The summed E-state index contributed by atoms with van der Waals surface area (Å²) in [6.45, 7) is 4.05. The van der Waals surface area contributed by atoms with E-state index in [4.69, 9.17) is 9.47 Å². The number of pyridine rings is 1. The third kappa shape index (κ3) is 2.91. The molecular weight excluding hydrogens is 264 g/mol. The van der Waals surface area contributed by atoms with Crippen LogP contribution in [0.25, 0.3) is 0 Å². The van der Waals surface area contributed by atoms with E-state index in [9.17, 15) is 0 Å². The zero-order valence-electron chi connectivity index (χ0n) is 12.4. The number of benzene rings is 1. The first-order chi connectivity index (χ1) is 10.3. The van der Waals surface area contributed by atoms with Gasteiger partial charge in [0, 0.05) is 6.20 Å². The third-order valence-corrected chi connectivity index (χ3v) is 3.75. The summed E-state index contributed by atoms with van der Waals surface area (Å²) < 4.78 is 11.0. The Morgan fingerprint density at radius 3 is 2.86 bits per heavy atom. The van der Waals surface area contributed by atoms with Gasteiger partial charge in [-0.2, -0.15) is 0 Å². The van der Waals surface area contributed by atoms with Gasteiger partial charge < -0.3 is 14.8 Å². The molecule has 1 aromatic carbocycles. The number of aromatic nitrogens is 1. The van der Waals surface area contributed by atoms with Crippen molar-refractivity contribution in [1.29, 1.82) is 0 Å². The van der Waals surface area contributed by atoms with Gasteiger partial charge in [0.15, 0.2) is 0 Å². The van der Waals surface area contributed by atoms with E-state index < -0.39 is 0 Å². The first kappa shape index (κ1) is 14.0. The SMILES string of the molecule is CCOc1cncc(C(NC)c2ccc3c(c2)COC3)c1. The first-order valence-corrected chi connectivity index (χ1v) is 7.26. The number of fused-ring (bicyclic) bond motifs is 1. The van der Waals surface area contributed by atoms with Crippen LogP contribution in [0.1, 0.15) is 35.2 Å². The van der Waals surface area contributed by atoms with E-state index >= 15 is 0 Å². The fourth-order valence-electron chi connectivity index (χ4n) is 2.74. The molecular formula is C17H20N2O2. The summed E-state index contributed by atoms with van der Waals surface area (Å²) in [4.78, 5) is 4.28. The van der Waals surface area contributed by atoms with E-state index in [0.717, 1.165) is 17.9 Å². The average molecular weight is 284 g/mol. The molecule has 4 heteroatoms. The quantitative estimate of drug-likeness (QED) is 0.917. The number of ether oxygens (including phenoxy) is 2. The van der Waals surface area contributed by atoms with Crippen LogP contribution in [-0.4, -0.2) is 18.6 Å². The maximum absolute atomic E-state index is 5.54. The van der Waals surface area contributed by atoms with Crippen molar-refractivity contribution < 1.29 is 9.47 Å².